The van der Waals surface area contributed by atoms with Crippen molar-refractivity contribution in [3.63, 3.8) is 0 Å². The molecule has 102 valence electrons. The molecule has 2 aliphatic rings. The molecule has 2 fully saturated rings. The van der Waals surface area contributed by atoms with Crippen LogP contribution in [0.5, 0.6) is 0 Å². The summed E-state index contributed by atoms with van der Waals surface area (Å²) in [7, 11) is 0. The molecular formula is C16H21NO2. The SMILES string of the molecule is O=C(O)c1ccc(CN(CC2CC2)CC2CC2)cc1. The molecule has 3 heteroatoms. The summed E-state index contributed by atoms with van der Waals surface area (Å²) in [6.45, 7) is 3.40. The molecule has 0 saturated heterocycles. The van der Waals surface area contributed by atoms with Gasteiger partial charge in [0.25, 0.3) is 0 Å². The Labute approximate surface area is 114 Å². The van der Waals surface area contributed by atoms with Gasteiger partial charge in [-0.2, -0.15) is 0 Å². The number of rotatable bonds is 7. The van der Waals surface area contributed by atoms with Crippen molar-refractivity contribution < 1.29 is 9.90 Å². The fourth-order valence-electron chi connectivity index (χ4n) is 2.55. The van der Waals surface area contributed by atoms with Crippen LogP contribution in [0.25, 0.3) is 0 Å². The molecule has 0 atom stereocenters. The zero-order valence-electron chi connectivity index (χ0n) is 11.2. The Hall–Kier alpha value is -1.35. The van der Waals surface area contributed by atoms with Gasteiger partial charge in [0.1, 0.15) is 0 Å². The summed E-state index contributed by atoms with van der Waals surface area (Å²) >= 11 is 0. The Kier molecular flexibility index (Phi) is 3.56. The average Bonchev–Trinajstić information content (AvgIpc) is 3.26. The predicted octanol–water partition coefficient (Wildman–Crippen LogP) is 3.01. The minimum absolute atomic E-state index is 0.375. The average molecular weight is 259 g/mol. The molecule has 1 N–H and O–H groups in total. The maximum Gasteiger partial charge on any atom is 0.335 e. The monoisotopic (exact) mass is 259 g/mol. The Balaban J connectivity index is 1.60. The van der Waals surface area contributed by atoms with E-state index in [-0.39, 0.29) is 0 Å². The van der Waals surface area contributed by atoms with Crippen LogP contribution in [0.1, 0.15) is 41.6 Å². The highest BCUT2D eigenvalue weighted by atomic mass is 16.4. The second-order valence-electron chi connectivity index (χ2n) is 6.08. The van der Waals surface area contributed by atoms with Gasteiger partial charge in [0.15, 0.2) is 0 Å². The van der Waals surface area contributed by atoms with Gasteiger partial charge in [0.05, 0.1) is 5.56 Å². The van der Waals surface area contributed by atoms with Crippen molar-refractivity contribution >= 4 is 5.97 Å². The first-order valence-electron chi connectivity index (χ1n) is 7.25. The molecule has 1 aromatic rings. The topological polar surface area (TPSA) is 40.5 Å². The van der Waals surface area contributed by atoms with Crippen molar-refractivity contribution in [1.29, 1.82) is 0 Å². The molecule has 2 aliphatic carbocycles. The minimum Gasteiger partial charge on any atom is -0.478 e. The van der Waals surface area contributed by atoms with Crippen LogP contribution in [0.3, 0.4) is 0 Å². The van der Waals surface area contributed by atoms with Gasteiger partial charge in [-0.3, -0.25) is 4.90 Å². The molecule has 19 heavy (non-hydrogen) atoms. The molecule has 1 aromatic carbocycles. The summed E-state index contributed by atoms with van der Waals surface area (Å²) in [5, 5.41) is 8.90. The van der Waals surface area contributed by atoms with Crippen molar-refractivity contribution in [3.05, 3.63) is 35.4 Å². The molecule has 0 bridgehead atoms. The van der Waals surface area contributed by atoms with Gasteiger partial charge in [0.2, 0.25) is 0 Å². The Morgan fingerprint density at radius 3 is 2.00 bits per heavy atom. The van der Waals surface area contributed by atoms with Gasteiger partial charge in [-0.05, 0) is 55.2 Å². The maximum absolute atomic E-state index is 10.8. The summed E-state index contributed by atoms with van der Waals surface area (Å²) in [4.78, 5) is 13.4. The lowest BCUT2D eigenvalue weighted by Gasteiger charge is -2.22. The number of nitrogens with zero attached hydrogens (tertiary/aromatic N) is 1. The molecule has 2 saturated carbocycles. The Bertz CT molecular complexity index is 432. The third-order valence-corrected chi connectivity index (χ3v) is 4.03. The number of aromatic carboxylic acids is 1. The van der Waals surface area contributed by atoms with E-state index in [0.717, 1.165) is 18.4 Å². The normalized spacial score (nSPS) is 18.8. The number of hydrogen-bond acceptors (Lipinski definition) is 2. The molecular weight excluding hydrogens is 238 g/mol. The highest BCUT2D eigenvalue weighted by Gasteiger charge is 2.29. The van der Waals surface area contributed by atoms with E-state index in [0.29, 0.717) is 5.56 Å². The number of carboxylic acids is 1. The highest BCUT2D eigenvalue weighted by molar-refractivity contribution is 5.87. The van der Waals surface area contributed by atoms with Crippen molar-refractivity contribution in [2.45, 2.75) is 32.2 Å². The van der Waals surface area contributed by atoms with Crippen molar-refractivity contribution in [1.82, 2.24) is 4.90 Å². The van der Waals surface area contributed by atoms with E-state index >= 15 is 0 Å². The van der Waals surface area contributed by atoms with Crippen molar-refractivity contribution in [2.24, 2.45) is 11.8 Å². The highest BCUT2D eigenvalue weighted by Crippen LogP contribution is 2.34. The fourth-order valence-corrected chi connectivity index (χ4v) is 2.55. The predicted molar refractivity (Wildman–Crippen MR) is 74.1 cm³/mol. The van der Waals surface area contributed by atoms with Crippen LogP contribution >= 0.6 is 0 Å². The van der Waals surface area contributed by atoms with E-state index in [1.54, 1.807) is 12.1 Å². The van der Waals surface area contributed by atoms with Crippen LogP contribution in [0, 0.1) is 11.8 Å². The van der Waals surface area contributed by atoms with Crippen LogP contribution < -0.4 is 0 Å². The minimum atomic E-state index is -0.848. The second-order valence-corrected chi connectivity index (χ2v) is 6.08. The third kappa shape index (κ3) is 3.80. The summed E-state index contributed by atoms with van der Waals surface area (Å²) in [6.07, 6.45) is 5.55. The van der Waals surface area contributed by atoms with Crippen LogP contribution in [-0.4, -0.2) is 29.1 Å². The molecule has 0 spiro atoms. The van der Waals surface area contributed by atoms with E-state index < -0.39 is 5.97 Å². The van der Waals surface area contributed by atoms with Crippen molar-refractivity contribution in [2.75, 3.05) is 13.1 Å². The van der Waals surface area contributed by atoms with Crippen LogP contribution in [0.4, 0.5) is 0 Å². The van der Waals surface area contributed by atoms with E-state index in [1.165, 1.54) is 44.3 Å². The lowest BCUT2D eigenvalue weighted by Crippen LogP contribution is -2.27. The van der Waals surface area contributed by atoms with E-state index in [1.807, 2.05) is 12.1 Å². The van der Waals surface area contributed by atoms with Gasteiger partial charge >= 0.3 is 5.97 Å². The smallest absolute Gasteiger partial charge is 0.335 e. The van der Waals surface area contributed by atoms with Gasteiger partial charge in [-0.25, -0.2) is 4.79 Å². The Morgan fingerprint density at radius 1 is 1.05 bits per heavy atom. The zero-order valence-corrected chi connectivity index (χ0v) is 11.2. The molecule has 0 aromatic heterocycles. The zero-order chi connectivity index (χ0) is 13.2. The molecule has 0 aliphatic heterocycles. The van der Waals surface area contributed by atoms with Crippen LogP contribution in [0.15, 0.2) is 24.3 Å². The summed E-state index contributed by atoms with van der Waals surface area (Å²) < 4.78 is 0. The number of carbonyl (C=O) groups is 1. The third-order valence-electron chi connectivity index (χ3n) is 4.03. The molecule has 3 nitrogen and oxygen atoms in total. The standard InChI is InChI=1S/C16H21NO2/c18-16(19)15-7-5-14(6-8-15)11-17(9-12-1-2-12)10-13-3-4-13/h5-8,12-13H,1-4,9-11H2,(H,18,19). The summed E-state index contributed by atoms with van der Waals surface area (Å²) in [5.41, 5.74) is 1.60. The molecule has 0 radical (unpaired) electrons. The van der Waals surface area contributed by atoms with Gasteiger partial charge in [-0.15, -0.1) is 0 Å². The molecule has 0 unspecified atom stereocenters. The van der Waals surface area contributed by atoms with E-state index in [4.69, 9.17) is 5.11 Å². The molecule has 0 heterocycles. The van der Waals surface area contributed by atoms with Crippen LogP contribution in [0.2, 0.25) is 0 Å². The summed E-state index contributed by atoms with van der Waals surface area (Å²) in [5.74, 6) is 0.980. The number of hydrogen-bond donors (Lipinski definition) is 1. The Morgan fingerprint density at radius 2 is 1.58 bits per heavy atom. The van der Waals surface area contributed by atoms with E-state index in [9.17, 15) is 4.79 Å². The quantitative estimate of drug-likeness (QED) is 0.818. The first kappa shape index (κ1) is 12.7. The van der Waals surface area contributed by atoms with E-state index in [2.05, 4.69) is 4.90 Å². The second kappa shape index (κ2) is 5.33. The van der Waals surface area contributed by atoms with Gasteiger partial charge < -0.3 is 5.11 Å². The molecule has 3 rings (SSSR count). The van der Waals surface area contributed by atoms with Crippen molar-refractivity contribution in [3.8, 4) is 0 Å². The van der Waals surface area contributed by atoms with Gasteiger partial charge in [-0.1, -0.05) is 12.1 Å². The fraction of sp³-hybridized carbons (Fsp3) is 0.562. The summed E-state index contributed by atoms with van der Waals surface area (Å²) in [6, 6.07) is 7.33. The first-order chi connectivity index (χ1) is 9.20. The lowest BCUT2D eigenvalue weighted by atomic mass is 10.1. The molecule has 0 amide bonds. The maximum atomic E-state index is 10.8. The van der Waals surface area contributed by atoms with Crippen LogP contribution in [-0.2, 0) is 6.54 Å². The van der Waals surface area contributed by atoms with Gasteiger partial charge in [0, 0.05) is 19.6 Å². The number of carboxylic acid groups (broad SMARTS) is 1. The largest absolute Gasteiger partial charge is 0.478 e. The first-order valence-corrected chi connectivity index (χ1v) is 7.25. The number of benzene rings is 1. The lowest BCUT2D eigenvalue weighted by molar-refractivity contribution is 0.0697.